The topological polar surface area (TPSA) is 62.2 Å². The lowest BCUT2D eigenvalue weighted by molar-refractivity contribution is -0.137. The SMILES string of the molecule is CC(C)[C@H](CC(=O)O)Nc1ccccn1. The molecule has 0 spiro atoms. The molecule has 4 heteroatoms. The summed E-state index contributed by atoms with van der Waals surface area (Å²) < 4.78 is 0. The first kappa shape index (κ1) is 11.5. The van der Waals surface area contributed by atoms with E-state index in [-0.39, 0.29) is 18.4 Å². The van der Waals surface area contributed by atoms with E-state index in [9.17, 15) is 4.79 Å². The third kappa shape index (κ3) is 3.97. The van der Waals surface area contributed by atoms with E-state index in [2.05, 4.69) is 10.3 Å². The van der Waals surface area contributed by atoms with Gasteiger partial charge in [0.15, 0.2) is 0 Å². The molecule has 15 heavy (non-hydrogen) atoms. The number of rotatable bonds is 5. The Hall–Kier alpha value is -1.58. The van der Waals surface area contributed by atoms with Crippen LogP contribution in [0.5, 0.6) is 0 Å². The van der Waals surface area contributed by atoms with Crippen molar-refractivity contribution in [3.63, 3.8) is 0 Å². The second kappa shape index (κ2) is 5.34. The van der Waals surface area contributed by atoms with Crippen LogP contribution in [0.15, 0.2) is 24.4 Å². The summed E-state index contributed by atoms with van der Waals surface area (Å²) in [5.41, 5.74) is 0. The van der Waals surface area contributed by atoms with E-state index in [0.717, 1.165) is 5.82 Å². The van der Waals surface area contributed by atoms with Gasteiger partial charge in [-0.1, -0.05) is 19.9 Å². The third-order valence-corrected chi connectivity index (χ3v) is 2.20. The highest BCUT2D eigenvalue weighted by atomic mass is 16.4. The summed E-state index contributed by atoms with van der Waals surface area (Å²) in [4.78, 5) is 14.7. The summed E-state index contributed by atoms with van der Waals surface area (Å²) in [6, 6.07) is 5.44. The van der Waals surface area contributed by atoms with E-state index >= 15 is 0 Å². The Morgan fingerprint density at radius 3 is 2.73 bits per heavy atom. The molecule has 0 bridgehead atoms. The molecule has 0 amide bonds. The van der Waals surface area contributed by atoms with Crippen LogP contribution in [0.2, 0.25) is 0 Å². The van der Waals surface area contributed by atoms with Crippen LogP contribution in [-0.4, -0.2) is 22.1 Å². The van der Waals surface area contributed by atoms with Gasteiger partial charge in [-0.15, -0.1) is 0 Å². The summed E-state index contributed by atoms with van der Waals surface area (Å²) >= 11 is 0. The van der Waals surface area contributed by atoms with Gasteiger partial charge >= 0.3 is 5.97 Å². The number of aliphatic carboxylic acids is 1. The van der Waals surface area contributed by atoms with Gasteiger partial charge in [0.1, 0.15) is 5.82 Å². The number of aromatic nitrogens is 1. The van der Waals surface area contributed by atoms with Gasteiger partial charge in [-0.05, 0) is 18.1 Å². The Bertz CT molecular complexity index is 312. The fourth-order valence-corrected chi connectivity index (χ4v) is 1.28. The maximum absolute atomic E-state index is 10.6. The van der Waals surface area contributed by atoms with Gasteiger partial charge in [-0.25, -0.2) is 4.98 Å². The molecule has 82 valence electrons. The molecular formula is C11H16N2O2. The molecule has 0 aliphatic carbocycles. The number of carboxylic acids is 1. The van der Waals surface area contributed by atoms with Crippen LogP contribution in [-0.2, 0) is 4.79 Å². The maximum Gasteiger partial charge on any atom is 0.305 e. The smallest absolute Gasteiger partial charge is 0.305 e. The number of nitrogens with one attached hydrogen (secondary N) is 1. The first-order chi connectivity index (χ1) is 7.09. The molecule has 1 heterocycles. The molecule has 1 atom stereocenters. The highest BCUT2D eigenvalue weighted by Gasteiger charge is 2.16. The number of pyridine rings is 1. The number of hydrogen-bond donors (Lipinski definition) is 2. The zero-order valence-electron chi connectivity index (χ0n) is 8.97. The first-order valence-electron chi connectivity index (χ1n) is 4.99. The van der Waals surface area contributed by atoms with Crippen molar-refractivity contribution in [2.24, 2.45) is 5.92 Å². The third-order valence-electron chi connectivity index (χ3n) is 2.20. The largest absolute Gasteiger partial charge is 0.481 e. The van der Waals surface area contributed by atoms with Crippen LogP contribution in [0.4, 0.5) is 5.82 Å². The molecule has 4 nitrogen and oxygen atoms in total. The minimum Gasteiger partial charge on any atom is -0.481 e. The summed E-state index contributed by atoms with van der Waals surface area (Å²) in [6.07, 6.45) is 1.79. The second-order valence-electron chi connectivity index (χ2n) is 3.81. The minimum atomic E-state index is -0.794. The summed E-state index contributed by atoms with van der Waals surface area (Å²) in [5, 5.41) is 11.9. The summed E-state index contributed by atoms with van der Waals surface area (Å²) in [6.45, 7) is 3.98. The van der Waals surface area contributed by atoms with Crippen molar-refractivity contribution in [2.45, 2.75) is 26.3 Å². The van der Waals surface area contributed by atoms with Crippen molar-refractivity contribution in [3.05, 3.63) is 24.4 Å². The van der Waals surface area contributed by atoms with Crippen molar-refractivity contribution in [2.75, 3.05) is 5.32 Å². The van der Waals surface area contributed by atoms with E-state index in [0.29, 0.717) is 0 Å². The highest BCUT2D eigenvalue weighted by Crippen LogP contribution is 2.12. The molecule has 0 aliphatic rings. The molecule has 1 aromatic rings. The Kier molecular flexibility index (Phi) is 4.09. The molecule has 2 N–H and O–H groups in total. The van der Waals surface area contributed by atoms with E-state index in [1.807, 2.05) is 32.0 Å². The normalized spacial score (nSPS) is 12.5. The predicted molar refractivity (Wildman–Crippen MR) is 58.7 cm³/mol. The fourth-order valence-electron chi connectivity index (χ4n) is 1.28. The average Bonchev–Trinajstić information content (AvgIpc) is 2.17. The van der Waals surface area contributed by atoms with E-state index in [1.54, 1.807) is 6.20 Å². The zero-order valence-corrected chi connectivity index (χ0v) is 8.97. The lowest BCUT2D eigenvalue weighted by Gasteiger charge is -2.20. The zero-order chi connectivity index (χ0) is 11.3. The quantitative estimate of drug-likeness (QED) is 0.776. The van der Waals surface area contributed by atoms with Gasteiger partial charge in [0.2, 0.25) is 0 Å². The molecule has 0 saturated carbocycles. The molecule has 0 fully saturated rings. The van der Waals surface area contributed by atoms with Crippen LogP contribution < -0.4 is 5.32 Å². The number of nitrogens with zero attached hydrogens (tertiary/aromatic N) is 1. The molecular weight excluding hydrogens is 192 g/mol. The maximum atomic E-state index is 10.6. The van der Waals surface area contributed by atoms with Crippen LogP contribution in [0, 0.1) is 5.92 Å². The van der Waals surface area contributed by atoms with Gasteiger partial charge in [0, 0.05) is 12.2 Å². The van der Waals surface area contributed by atoms with E-state index in [4.69, 9.17) is 5.11 Å². The van der Waals surface area contributed by atoms with Gasteiger partial charge in [0.25, 0.3) is 0 Å². The number of anilines is 1. The van der Waals surface area contributed by atoms with E-state index < -0.39 is 5.97 Å². The van der Waals surface area contributed by atoms with Crippen molar-refractivity contribution >= 4 is 11.8 Å². The molecule has 0 radical (unpaired) electrons. The molecule has 1 aromatic heterocycles. The number of carboxylic acid groups (broad SMARTS) is 1. The lowest BCUT2D eigenvalue weighted by atomic mass is 10.0. The van der Waals surface area contributed by atoms with Crippen LogP contribution >= 0.6 is 0 Å². The van der Waals surface area contributed by atoms with Crippen molar-refractivity contribution < 1.29 is 9.90 Å². The van der Waals surface area contributed by atoms with Crippen molar-refractivity contribution in [1.82, 2.24) is 4.98 Å². The fraction of sp³-hybridized carbons (Fsp3) is 0.455. The monoisotopic (exact) mass is 208 g/mol. The highest BCUT2D eigenvalue weighted by molar-refractivity contribution is 5.68. The Balaban J connectivity index is 2.63. The van der Waals surface area contributed by atoms with Crippen LogP contribution in [0.25, 0.3) is 0 Å². The van der Waals surface area contributed by atoms with E-state index in [1.165, 1.54) is 0 Å². The van der Waals surface area contributed by atoms with Crippen molar-refractivity contribution in [1.29, 1.82) is 0 Å². The van der Waals surface area contributed by atoms with Crippen LogP contribution in [0.1, 0.15) is 20.3 Å². The number of hydrogen-bond acceptors (Lipinski definition) is 3. The van der Waals surface area contributed by atoms with Gasteiger partial charge in [-0.2, -0.15) is 0 Å². The van der Waals surface area contributed by atoms with Crippen molar-refractivity contribution in [3.8, 4) is 0 Å². The Labute approximate surface area is 89.3 Å². The molecule has 0 unspecified atom stereocenters. The summed E-state index contributed by atoms with van der Waals surface area (Å²) in [5.74, 6) is 0.178. The number of carbonyl (C=O) groups is 1. The summed E-state index contributed by atoms with van der Waals surface area (Å²) in [7, 11) is 0. The predicted octanol–water partition coefficient (Wildman–Crippen LogP) is 1.99. The first-order valence-corrected chi connectivity index (χ1v) is 4.99. The standard InChI is InChI=1S/C11H16N2O2/c1-8(2)9(7-11(14)15)13-10-5-3-4-6-12-10/h3-6,8-9H,7H2,1-2H3,(H,12,13)(H,14,15)/t9-/m0/s1. The van der Waals surface area contributed by atoms with Gasteiger partial charge < -0.3 is 10.4 Å². The Morgan fingerprint density at radius 2 is 2.27 bits per heavy atom. The average molecular weight is 208 g/mol. The molecule has 0 saturated heterocycles. The molecule has 1 rings (SSSR count). The molecule has 0 aromatic carbocycles. The lowest BCUT2D eigenvalue weighted by Crippen LogP contribution is -2.28. The second-order valence-corrected chi connectivity index (χ2v) is 3.81. The van der Waals surface area contributed by atoms with Gasteiger partial charge in [-0.3, -0.25) is 4.79 Å². The Morgan fingerprint density at radius 1 is 1.53 bits per heavy atom. The minimum absolute atomic E-state index is 0.0857. The van der Waals surface area contributed by atoms with Crippen LogP contribution in [0.3, 0.4) is 0 Å². The van der Waals surface area contributed by atoms with Gasteiger partial charge in [0.05, 0.1) is 6.42 Å². The molecule has 0 aliphatic heterocycles.